The topological polar surface area (TPSA) is 46.3 Å². The highest BCUT2D eigenvalue weighted by Gasteiger charge is 2.34. The van der Waals surface area contributed by atoms with Crippen molar-refractivity contribution in [3.63, 3.8) is 0 Å². The van der Waals surface area contributed by atoms with Crippen molar-refractivity contribution in [1.82, 2.24) is 4.98 Å². The van der Waals surface area contributed by atoms with Gasteiger partial charge in [0, 0.05) is 12.0 Å². The molecule has 2 rings (SSSR count). The fraction of sp³-hybridized carbons (Fsp3) is 0.308. The van der Waals surface area contributed by atoms with Crippen LogP contribution in [0, 0.1) is 0 Å². The summed E-state index contributed by atoms with van der Waals surface area (Å²) in [5.74, 6) is 0.281. The fourth-order valence-electron chi connectivity index (χ4n) is 1.82. The Morgan fingerprint density at radius 2 is 1.95 bits per heavy atom. The first kappa shape index (κ1) is 13.6. The number of hydrogen-bond donors (Lipinski definition) is 1. The van der Waals surface area contributed by atoms with Crippen LogP contribution in [0.4, 0.5) is 13.2 Å². The number of aromatic nitrogens is 1. The van der Waals surface area contributed by atoms with Gasteiger partial charge in [-0.2, -0.15) is 13.2 Å². The maximum Gasteiger partial charge on any atom is 0.417 e. The van der Waals surface area contributed by atoms with E-state index in [1.165, 1.54) is 18.2 Å². The molecular weight excluding hydrogens is 259 g/mol. The Morgan fingerprint density at radius 3 is 2.47 bits per heavy atom. The molecule has 0 aliphatic rings. The SMILES string of the molecule is CCc1oc(-c2ccccc2C(F)(F)F)nc1CO. The third-order valence-corrected chi connectivity index (χ3v) is 2.71. The van der Waals surface area contributed by atoms with Crippen LogP contribution in [0.1, 0.15) is 23.9 Å². The zero-order chi connectivity index (χ0) is 14.0. The molecule has 1 N–H and O–H groups in total. The zero-order valence-electron chi connectivity index (χ0n) is 10.2. The highest BCUT2D eigenvalue weighted by atomic mass is 19.4. The molecule has 0 atom stereocenters. The predicted octanol–water partition coefficient (Wildman–Crippen LogP) is 3.42. The molecule has 6 heteroatoms. The molecule has 1 heterocycles. The minimum Gasteiger partial charge on any atom is -0.441 e. The summed E-state index contributed by atoms with van der Waals surface area (Å²) in [7, 11) is 0. The summed E-state index contributed by atoms with van der Waals surface area (Å²) in [5.41, 5.74) is -0.651. The third kappa shape index (κ3) is 2.63. The summed E-state index contributed by atoms with van der Waals surface area (Å²) in [6.07, 6.45) is -4.02. The van der Waals surface area contributed by atoms with E-state index in [2.05, 4.69) is 4.98 Å². The van der Waals surface area contributed by atoms with Crippen LogP contribution < -0.4 is 0 Å². The summed E-state index contributed by atoms with van der Waals surface area (Å²) in [6, 6.07) is 5.07. The molecule has 0 saturated carbocycles. The van der Waals surface area contributed by atoms with Gasteiger partial charge in [-0.25, -0.2) is 4.98 Å². The zero-order valence-corrected chi connectivity index (χ0v) is 10.2. The standard InChI is InChI=1S/C13H12F3NO2/c1-2-11-10(7-18)17-12(19-11)8-5-3-4-6-9(8)13(14,15)16/h3-6,18H,2,7H2,1H3. The Balaban J connectivity index is 2.56. The molecular formula is C13H12F3NO2. The van der Waals surface area contributed by atoms with Crippen molar-refractivity contribution < 1.29 is 22.7 Å². The molecule has 3 nitrogen and oxygen atoms in total. The second-order valence-electron chi connectivity index (χ2n) is 3.94. The fourth-order valence-corrected chi connectivity index (χ4v) is 1.82. The molecule has 0 bridgehead atoms. The largest absolute Gasteiger partial charge is 0.441 e. The first-order valence-electron chi connectivity index (χ1n) is 5.73. The number of aliphatic hydroxyl groups is 1. The molecule has 1 aromatic carbocycles. The van der Waals surface area contributed by atoms with E-state index < -0.39 is 11.7 Å². The molecule has 19 heavy (non-hydrogen) atoms. The molecule has 1 aromatic heterocycles. The monoisotopic (exact) mass is 271 g/mol. The number of oxazole rings is 1. The van der Waals surface area contributed by atoms with Crippen LogP contribution in [0.15, 0.2) is 28.7 Å². The highest BCUT2D eigenvalue weighted by Crippen LogP contribution is 2.37. The van der Waals surface area contributed by atoms with Gasteiger partial charge in [-0.1, -0.05) is 19.1 Å². The number of benzene rings is 1. The van der Waals surface area contributed by atoms with Crippen LogP contribution in [0.25, 0.3) is 11.5 Å². The lowest BCUT2D eigenvalue weighted by atomic mass is 10.1. The molecule has 2 aromatic rings. The van der Waals surface area contributed by atoms with Crippen molar-refractivity contribution in [2.45, 2.75) is 26.1 Å². The lowest BCUT2D eigenvalue weighted by Crippen LogP contribution is -2.06. The summed E-state index contributed by atoms with van der Waals surface area (Å²) in [6.45, 7) is 1.42. The van der Waals surface area contributed by atoms with Crippen molar-refractivity contribution >= 4 is 0 Å². The Labute approximate surface area is 107 Å². The van der Waals surface area contributed by atoms with Crippen molar-refractivity contribution in [3.05, 3.63) is 41.3 Å². The number of aryl methyl sites for hydroxylation is 1. The Hall–Kier alpha value is -1.82. The number of alkyl halides is 3. The van der Waals surface area contributed by atoms with Gasteiger partial charge in [-0.15, -0.1) is 0 Å². The average molecular weight is 271 g/mol. The highest BCUT2D eigenvalue weighted by molar-refractivity contribution is 5.60. The van der Waals surface area contributed by atoms with Crippen LogP contribution >= 0.6 is 0 Å². The van der Waals surface area contributed by atoms with E-state index in [1.807, 2.05) is 0 Å². The first-order chi connectivity index (χ1) is 8.97. The second-order valence-corrected chi connectivity index (χ2v) is 3.94. The van der Waals surface area contributed by atoms with E-state index in [0.717, 1.165) is 6.07 Å². The Morgan fingerprint density at radius 1 is 1.26 bits per heavy atom. The molecule has 0 spiro atoms. The number of nitrogens with zero attached hydrogens (tertiary/aromatic N) is 1. The van der Waals surface area contributed by atoms with Gasteiger partial charge in [0.05, 0.1) is 12.2 Å². The number of hydrogen-bond acceptors (Lipinski definition) is 3. The minimum absolute atomic E-state index is 0.117. The van der Waals surface area contributed by atoms with Gasteiger partial charge in [0.15, 0.2) is 0 Å². The van der Waals surface area contributed by atoms with E-state index >= 15 is 0 Å². The molecule has 0 fully saturated rings. The molecule has 0 amide bonds. The van der Waals surface area contributed by atoms with E-state index in [0.29, 0.717) is 12.2 Å². The van der Waals surface area contributed by atoms with Gasteiger partial charge in [-0.05, 0) is 12.1 Å². The third-order valence-electron chi connectivity index (χ3n) is 2.71. The van der Waals surface area contributed by atoms with E-state index in [9.17, 15) is 13.2 Å². The van der Waals surface area contributed by atoms with Gasteiger partial charge in [0.25, 0.3) is 0 Å². The Kier molecular flexibility index (Phi) is 3.61. The molecule has 0 radical (unpaired) electrons. The minimum atomic E-state index is -4.48. The molecule has 0 saturated heterocycles. The second kappa shape index (κ2) is 5.05. The summed E-state index contributed by atoms with van der Waals surface area (Å²) >= 11 is 0. The molecule has 0 unspecified atom stereocenters. The molecule has 102 valence electrons. The normalized spacial score (nSPS) is 11.8. The first-order valence-corrected chi connectivity index (χ1v) is 5.73. The lowest BCUT2D eigenvalue weighted by molar-refractivity contribution is -0.137. The average Bonchev–Trinajstić information content (AvgIpc) is 2.81. The van der Waals surface area contributed by atoms with Crippen molar-refractivity contribution in [2.24, 2.45) is 0 Å². The van der Waals surface area contributed by atoms with E-state index in [4.69, 9.17) is 9.52 Å². The van der Waals surface area contributed by atoms with Crippen LogP contribution in [0.5, 0.6) is 0 Å². The van der Waals surface area contributed by atoms with Gasteiger partial charge < -0.3 is 9.52 Å². The lowest BCUT2D eigenvalue weighted by Gasteiger charge is -2.09. The van der Waals surface area contributed by atoms with Crippen LogP contribution in [0.3, 0.4) is 0 Å². The van der Waals surface area contributed by atoms with Gasteiger partial charge in [-0.3, -0.25) is 0 Å². The van der Waals surface area contributed by atoms with Gasteiger partial charge >= 0.3 is 6.18 Å². The molecule has 0 aliphatic carbocycles. The van der Waals surface area contributed by atoms with Crippen molar-refractivity contribution in [1.29, 1.82) is 0 Å². The van der Waals surface area contributed by atoms with Crippen molar-refractivity contribution in [3.8, 4) is 11.5 Å². The maximum absolute atomic E-state index is 12.9. The van der Waals surface area contributed by atoms with E-state index in [1.54, 1.807) is 6.92 Å². The number of aliphatic hydroxyl groups excluding tert-OH is 1. The molecule has 0 aliphatic heterocycles. The number of rotatable bonds is 3. The maximum atomic E-state index is 12.9. The Bertz CT molecular complexity index is 554. The van der Waals surface area contributed by atoms with E-state index in [-0.39, 0.29) is 23.8 Å². The summed E-state index contributed by atoms with van der Waals surface area (Å²) in [4.78, 5) is 3.93. The van der Waals surface area contributed by atoms with Gasteiger partial charge in [0.2, 0.25) is 5.89 Å². The quantitative estimate of drug-likeness (QED) is 0.930. The van der Waals surface area contributed by atoms with Crippen LogP contribution in [-0.2, 0) is 19.2 Å². The smallest absolute Gasteiger partial charge is 0.417 e. The van der Waals surface area contributed by atoms with Crippen LogP contribution in [0.2, 0.25) is 0 Å². The number of halogens is 3. The van der Waals surface area contributed by atoms with Crippen LogP contribution in [-0.4, -0.2) is 10.1 Å². The summed E-state index contributed by atoms with van der Waals surface area (Å²) in [5, 5.41) is 9.09. The van der Waals surface area contributed by atoms with Crippen molar-refractivity contribution in [2.75, 3.05) is 0 Å². The predicted molar refractivity (Wildman–Crippen MR) is 62.2 cm³/mol. The summed E-state index contributed by atoms with van der Waals surface area (Å²) < 4.78 is 44.0. The van der Waals surface area contributed by atoms with Gasteiger partial charge in [0.1, 0.15) is 11.5 Å².